The van der Waals surface area contributed by atoms with Gasteiger partial charge in [-0.3, -0.25) is 9.67 Å². The van der Waals surface area contributed by atoms with Gasteiger partial charge in [-0.1, -0.05) is 11.8 Å². The fourth-order valence-corrected chi connectivity index (χ4v) is 3.15. The van der Waals surface area contributed by atoms with Crippen LogP contribution < -0.4 is 5.32 Å². The van der Waals surface area contributed by atoms with E-state index in [1.165, 1.54) is 18.5 Å². The molecule has 2 aliphatic rings. The molecule has 1 N–H and O–H groups in total. The van der Waals surface area contributed by atoms with Crippen molar-refractivity contribution in [2.24, 2.45) is 18.0 Å². The molecule has 0 aromatic carbocycles. The second-order valence-electron chi connectivity index (χ2n) is 4.44. The van der Waals surface area contributed by atoms with Crippen LogP contribution in [0.2, 0.25) is 0 Å². The van der Waals surface area contributed by atoms with E-state index < -0.39 is 0 Å². The molecule has 0 bridgehead atoms. The van der Waals surface area contributed by atoms with Crippen molar-refractivity contribution in [2.45, 2.75) is 24.6 Å². The Bertz CT molecular complexity index is 408. The first-order valence-electron chi connectivity index (χ1n) is 5.75. The van der Waals surface area contributed by atoms with Crippen LogP contribution in [0.25, 0.3) is 0 Å². The zero-order valence-corrected chi connectivity index (χ0v) is 10.2. The number of aromatic nitrogens is 2. The summed E-state index contributed by atoms with van der Waals surface area (Å²) in [6.45, 7) is 1.82. The number of nitrogens with zero attached hydrogens (tertiary/aromatic N) is 3. The lowest BCUT2D eigenvalue weighted by Crippen LogP contribution is -2.20. The van der Waals surface area contributed by atoms with Crippen LogP contribution in [0.1, 0.15) is 18.5 Å². The van der Waals surface area contributed by atoms with Gasteiger partial charge < -0.3 is 5.32 Å². The number of hydrogen-bond acceptors (Lipinski definition) is 4. The molecular weight excluding hydrogens is 220 g/mol. The average Bonchev–Trinajstić information content (AvgIpc) is 2.89. The van der Waals surface area contributed by atoms with E-state index in [-0.39, 0.29) is 0 Å². The van der Waals surface area contributed by atoms with Crippen molar-refractivity contribution < 1.29 is 0 Å². The summed E-state index contributed by atoms with van der Waals surface area (Å²) in [5.41, 5.74) is 1.19. The molecule has 0 amide bonds. The zero-order valence-electron chi connectivity index (χ0n) is 9.39. The molecule has 2 heterocycles. The molecule has 1 aromatic heterocycles. The number of aliphatic imine (C=N–C) groups is 1. The third-order valence-corrected chi connectivity index (χ3v) is 4.50. The Kier molecular flexibility index (Phi) is 2.63. The van der Waals surface area contributed by atoms with Gasteiger partial charge in [0.05, 0.1) is 18.8 Å². The molecule has 5 heteroatoms. The first-order chi connectivity index (χ1) is 7.83. The standard InChI is InChI=1S/C11H16N4S/c1-15-9(4-5-14-15)6-12-11-13-7-10(16-11)8-2-3-8/h4-5,8,10H,2-3,6-7H2,1H3,(H,12,13). The van der Waals surface area contributed by atoms with E-state index in [0.29, 0.717) is 0 Å². The molecule has 4 nitrogen and oxygen atoms in total. The first kappa shape index (κ1) is 10.2. The minimum Gasteiger partial charge on any atom is -0.359 e. The monoisotopic (exact) mass is 236 g/mol. The maximum Gasteiger partial charge on any atom is 0.157 e. The van der Waals surface area contributed by atoms with E-state index in [2.05, 4.69) is 15.4 Å². The number of rotatable bonds is 3. The molecule has 16 heavy (non-hydrogen) atoms. The Hall–Kier alpha value is -0.970. The minimum absolute atomic E-state index is 0.744. The molecule has 1 saturated carbocycles. The summed E-state index contributed by atoms with van der Waals surface area (Å²) in [6.07, 6.45) is 4.64. The number of thioether (sulfide) groups is 1. The normalized spacial score (nSPS) is 24.6. The summed E-state index contributed by atoms with van der Waals surface area (Å²) in [4.78, 5) is 4.55. The molecule has 0 spiro atoms. The van der Waals surface area contributed by atoms with E-state index in [1.807, 2.05) is 35.8 Å². The fraction of sp³-hybridized carbons (Fsp3) is 0.636. The van der Waals surface area contributed by atoms with Crippen molar-refractivity contribution in [3.05, 3.63) is 18.0 Å². The smallest absolute Gasteiger partial charge is 0.157 e. The quantitative estimate of drug-likeness (QED) is 0.862. The number of nitrogens with one attached hydrogen (secondary N) is 1. The second kappa shape index (κ2) is 4.13. The molecule has 86 valence electrons. The Morgan fingerprint density at radius 1 is 1.56 bits per heavy atom. The third kappa shape index (κ3) is 2.09. The minimum atomic E-state index is 0.744. The van der Waals surface area contributed by atoms with Gasteiger partial charge in [0.25, 0.3) is 0 Å². The zero-order chi connectivity index (χ0) is 11.0. The molecule has 1 fully saturated rings. The maximum atomic E-state index is 4.55. The van der Waals surface area contributed by atoms with E-state index in [1.54, 1.807) is 0 Å². The number of amidine groups is 1. The molecule has 3 rings (SSSR count). The van der Waals surface area contributed by atoms with Crippen molar-refractivity contribution in [1.82, 2.24) is 15.1 Å². The SMILES string of the molecule is Cn1nccc1CNC1=NCC(C2CC2)S1. The van der Waals surface area contributed by atoms with Crippen molar-refractivity contribution >= 4 is 16.9 Å². The lowest BCUT2D eigenvalue weighted by Gasteiger charge is -2.07. The van der Waals surface area contributed by atoms with Gasteiger partial charge in [-0.05, 0) is 24.8 Å². The second-order valence-corrected chi connectivity index (χ2v) is 5.67. The fourth-order valence-electron chi connectivity index (χ4n) is 1.94. The van der Waals surface area contributed by atoms with Gasteiger partial charge >= 0.3 is 0 Å². The molecule has 1 unspecified atom stereocenters. The largest absolute Gasteiger partial charge is 0.359 e. The van der Waals surface area contributed by atoms with Crippen LogP contribution in [0.4, 0.5) is 0 Å². The van der Waals surface area contributed by atoms with Crippen molar-refractivity contribution in [3.63, 3.8) is 0 Å². The van der Waals surface area contributed by atoms with Gasteiger partial charge in [0.1, 0.15) is 0 Å². The van der Waals surface area contributed by atoms with Gasteiger partial charge in [-0.15, -0.1) is 0 Å². The lowest BCUT2D eigenvalue weighted by atomic mass is 10.3. The highest BCUT2D eigenvalue weighted by Gasteiger charge is 2.35. The molecule has 1 aliphatic heterocycles. The number of hydrogen-bond donors (Lipinski definition) is 1. The number of aryl methyl sites for hydroxylation is 1. The van der Waals surface area contributed by atoms with Gasteiger partial charge in [-0.25, -0.2) is 0 Å². The Labute approximate surface area is 99.5 Å². The summed E-state index contributed by atoms with van der Waals surface area (Å²) in [5.74, 6) is 0.935. The van der Waals surface area contributed by atoms with E-state index in [0.717, 1.165) is 29.4 Å². The Morgan fingerprint density at radius 2 is 2.44 bits per heavy atom. The lowest BCUT2D eigenvalue weighted by molar-refractivity contribution is 0.694. The first-order valence-corrected chi connectivity index (χ1v) is 6.63. The predicted molar refractivity (Wildman–Crippen MR) is 66.5 cm³/mol. The van der Waals surface area contributed by atoms with E-state index in [4.69, 9.17) is 0 Å². The van der Waals surface area contributed by atoms with Crippen LogP contribution in [0.5, 0.6) is 0 Å². The molecular formula is C11H16N4S. The van der Waals surface area contributed by atoms with Gasteiger partial charge in [-0.2, -0.15) is 5.10 Å². The summed E-state index contributed by atoms with van der Waals surface area (Å²) >= 11 is 1.92. The van der Waals surface area contributed by atoms with Crippen molar-refractivity contribution in [3.8, 4) is 0 Å². The molecule has 1 aliphatic carbocycles. The van der Waals surface area contributed by atoms with E-state index in [9.17, 15) is 0 Å². The third-order valence-electron chi connectivity index (χ3n) is 3.17. The topological polar surface area (TPSA) is 42.2 Å². The van der Waals surface area contributed by atoms with Crippen LogP contribution >= 0.6 is 11.8 Å². The predicted octanol–water partition coefficient (Wildman–Crippen LogP) is 1.39. The van der Waals surface area contributed by atoms with E-state index >= 15 is 0 Å². The van der Waals surface area contributed by atoms with Crippen LogP contribution in [0, 0.1) is 5.92 Å². The highest BCUT2D eigenvalue weighted by atomic mass is 32.2. The van der Waals surface area contributed by atoms with Gasteiger partial charge in [0, 0.05) is 18.5 Å². The summed E-state index contributed by atoms with van der Waals surface area (Å²) < 4.78 is 1.89. The highest BCUT2D eigenvalue weighted by molar-refractivity contribution is 8.14. The van der Waals surface area contributed by atoms with Crippen LogP contribution in [0.15, 0.2) is 17.3 Å². The van der Waals surface area contributed by atoms with Crippen molar-refractivity contribution in [1.29, 1.82) is 0 Å². The van der Waals surface area contributed by atoms with Crippen LogP contribution in [-0.2, 0) is 13.6 Å². The summed E-state index contributed by atoms with van der Waals surface area (Å²) in [6, 6.07) is 2.03. The molecule has 0 saturated heterocycles. The van der Waals surface area contributed by atoms with Crippen molar-refractivity contribution in [2.75, 3.05) is 6.54 Å². The van der Waals surface area contributed by atoms with Gasteiger partial charge in [0.2, 0.25) is 0 Å². The molecule has 0 radical (unpaired) electrons. The van der Waals surface area contributed by atoms with Crippen LogP contribution in [-0.4, -0.2) is 26.7 Å². The van der Waals surface area contributed by atoms with Gasteiger partial charge in [0.15, 0.2) is 5.17 Å². The Balaban J connectivity index is 1.51. The maximum absolute atomic E-state index is 4.55. The average molecular weight is 236 g/mol. The molecule has 1 aromatic rings. The Morgan fingerprint density at radius 3 is 3.12 bits per heavy atom. The highest BCUT2D eigenvalue weighted by Crippen LogP contribution is 2.41. The van der Waals surface area contributed by atoms with Crippen LogP contribution in [0.3, 0.4) is 0 Å². The molecule has 1 atom stereocenters. The summed E-state index contributed by atoms with van der Waals surface area (Å²) in [5, 5.41) is 9.39. The summed E-state index contributed by atoms with van der Waals surface area (Å²) in [7, 11) is 1.97.